The number of non-ortho nitro benzene ring substituents is 1. The van der Waals surface area contributed by atoms with E-state index in [0.29, 0.717) is 16.6 Å². The van der Waals surface area contributed by atoms with E-state index in [0.717, 1.165) is 11.6 Å². The van der Waals surface area contributed by atoms with Crippen molar-refractivity contribution in [3.63, 3.8) is 0 Å². The minimum atomic E-state index is -4.01. The van der Waals surface area contributed by atoms with Crippen LogP contribution in [0.25, 0.3) is 0 Å². The quantitative estimate of drug-likeness (QED) is 0.474. The molecule has 3 aromatic rings. The standard InChI is InChI=1S/C16H12Cl2N4O4S/c17-14-5-4-11(8-15(14)18)10-21-7-6-16(19-21)20-27(25,26)13-3-1-2-12(9-13)22(23)24/h1-9H,10H2,(H,19,20). The summed E-state index contributed by atoms with van der Waals surface area (Å²) in [4.78, 5) is 9.93. The minimum absolute atomic E-state index is 0.0848. The molecule has 27 heavy (non-hydrogen) atoms. The zero-order chi connectivity index (χ0) is 19.6. The number of benzene rings is 2. The van der Waals surface area contributed by atoms with Crippen molar-refractivity contribution in [1.82, 2.24) is 9.78 Å². The molecule has 1 heterocycles. The number of anilines is 1. The van der Waals surface area contributed by atoms with Gasteiger partial charge in [0.25, 0.3) is 15.7 Å². The van der Waals surface area contributed by atoms with E-state index in [9.17, 15) is 18.5 Å². The van der Waals surface area contributed by atoms with Crippen molar-refractivity contribution in [2.75, 3.05) is 4.72 Å². The zero-order valence-electron chi connectivity index (χ0n) is 13.5. The molecule has 0 saturated carbocycles. The molecule has 0 spiro atoms. The fraction of sp³-hybridized carbons (Fsp3) is 0.0625. The van der Waals surface area contributed by atoms with Crippen molar-refractivity contribution in [2.24, 2.45) is 0 Å². The van der Waals surface area contributed by atoms with E-state index < -0.39 is 14.9 Å². The van der Waals surface area contributed by atoms with Crippen molar-refractivity contribution in [2.45, 2.75) is 11.4 Å². The van der Waals surface area contributed by atoms with Gasteiger partial charge in [0, 0.05) is 24.4 Å². The smallest absolute Gasteiger partial charge is 0.266 e. The molecule has 1 aromatic heterocycles. The van der Waals surface area contributed by atoms with Crippen LogP contribution in [0.1, 0.15) is 5.56 Å². The van der Waals surface area contributed by atoms with Gasteiger partial charge in [0.05, 0.1) is 26.4 Å². The lowest BCUT2D eigenvalue weighted by molar-refractivity contribution is -0.385. The predicted molar refractivity (Wildman–Crippen MR) is 102 cm³/mol. The van der Waals surface area contributed by atoms with Crippen LogP contribution in [0.15, 0.2) is 59.6 Å². The second-order valence-corrected chi connectivity index (χ2v) is 8.00. The minimum Gasteiger partial charge on any atom is -0.266 e. The van der Waals surface area contributed by atoms with Crippen LogP contribution in [0.2, 0.25) is 10.0 Å². The van der Waals surface area contributed by atoms with Gasteiger partial charge < -0.3 is 0 Å². The molecule has 140 valence electrons. The second kappa shape index (κ2) is 7.55. The summed E-state index contributed by atoms with van der Waals surface area (Å²) in [7, 11) is -4.01. The predicted octanol–water partition coefficient (Wildman–Crippen LogP) is 3.95. The Kier molecular flexibility index (Phi) is 5.36. The number of hydrogen-bond donors (Lipinski definition) is 1. The highest BCUT2D eigenvalue weighted by molar-refractivity contribution is 7.92. The Hall–Kier alpha value is -2.62. The lowest BCUT2D eigenvalue weighted by Gasteiger charge is -2.06. The maximum atomic E-state index is 12.4. The highest BCUT2D eigenvalue weighted by Gasteiger charge is 2.18. The van der Waals surface area contributed by atoms with E-state index in [1.165, 1.54) is 28.9 Å². The summed E-state index contributed by atoms with van der Waals surface area (Å²) in [5.74, 6) is 0.0848. The average Bonchev–Trinajstić information content (AvgIpc) is 3.04. The summed E-state index contributed by atoms with van der Waals surface area (Å²) in [5, 5.41) is 15.8. The first kappa shape index (κ1) is 19.2. The number of rotatable bonds is 6. The highest BCUT2D eigenvalue weighted by Crippen LogP contribution is 2.23. The van der Waals surface area contributed by atoms with Crippen LogP contribution in [0, 0.1) is 10.1 Å². The Balaban J connectivity index is 1.77. The van der Waals surface area contributed by atoms with Crippen LogP contribution in [0.4, 0.5) is 11.5 Å². The lowest BCUT2D eigenvalue weighted by Crippen LogP contribution is -2.14. The molecular formula is C16H12Cl2N4O4S. The Bertz CT molecular complexity index is 1120. The molecule has 8 nitrogen and oxygen atoms in total. The summed E-state index contributed by atoms with van der Waals surface area (Å²) in [5.41, 5.74) is 0.517. The first-order chi connectivity index (χ1) is 12.7. The van der Waals surface area contributed by atoms with Crippen molar-refractivity contribution in [3.8, 4) is 0 Å². The lowest BCUT2D eigenvalue weighted by atomic mass is 10.2. The first-order valence-electron chi connectivity index (χ1n) is 7.49. The summed E-state index contributed by atoms with van der Waals surface area (Å²) in [6.45, 7) is 0.357. The van der Waals surface area contributed by atoms with E-state index in [4.69, 9.17) is 23.2 Å². The van der Waals surface area contributed by atoms with Gasteiger partial charge in [-0.2, -0.15) is 5.10 Å². The van der Waals surface area contributed by atoms with Crippen LogP contribution < -0.4 is 4.72 Å². The second-order valence-electron chi connectivity index (χ2n) is 5.51. The topological polar surface area (TPSA) is 107 Å². The molecule has 11 heteroatoms. The third-order valence-electron chi connectivity index (χ3n) is 3.55. The zero-order valence-corrected chi connectivity index (χ0v) is 15.9. The fourth-order valence-corrected chi connectivity index (χ4v) is 3.65. The Morgan fingerprint density at radius 1 is 1.11 bits per heavy atom. The number of aromatic nitrogens is 2. The van der Waals surface area contributed by atoms with Crippen molar-refractivity contribution in [1.29, 1.82) is 0 Å². The molecule has 3 rings (SSSR count). The van der Waals surface area contributed by atoms with Gasteiger partial charge in [-0.05, 0) is 23.8 Å². The van der Waals surface area contributed by atoms with Gasteiger partial charge in [-0.15, -0.1) is 0 Å². The van der Waals surface area contributed by atoms with Crippen LogP contribution in [0.3, 0.4) is 0 Å². The Labute approximate surface area is 164 Å². The number of sulfonamides is 1. The van der Waals surface area contributed by atoms with E-state index in [2.05, 4.69) is 9.82 Å². The Morgan fingerprint density at radius 3 is 2.59 bits per heavy atom. The SMILES string of the molecule is O=[N+]([O-])c1cccc(S(=O)(=O)Nc2ccn(Cc3ccc(Cl)c(Cl)c3)n2)c1. The normalized spacial score (nSPS) is 11.3. The van der Waals surface area contributed by atoms with Gasteiger partial charge in [0.1, 0.15) is 0 Å². The first-order valence-corrected chi connectivity index (χ1v) is 9.73. The summed E-state index contributed by atoms with van der Waals surface area (Å²) < 4.78 is 28.6. The number of nitrogens with one attached hydrogen (secondary N) is 1. The molecule has 0 atom stereocenters. The fourth-order valence-electron chi connectivity index (χ4n) is 2.29. The maximum Gasteiger partial charge on any atom is 0.270 e. The van der Waals surface area contributed by atoms with Crippen molar-refractivity contribution in [3.05, 3.63) is 80.5 Å². The van der Waals surface area contributed by atoms with Crippen LogP contribution in [-0.4, -0.2) is 23.1 Å². The molecule has 0 saturated heterocycles. The molecule has 0 fully saturated rings. The molecule has 0 aliphatic heterocycles. The van der Waals surface area contributed by atoms with Gasteiger partial charge in [-0.25, -0.2) is 8.42 Å². The van der Waals surface area contributed by atoms with E-state index in [1.807, 2.05) is 0 Å². The van der Waals surface area contributed by atoms with E-state index in [1.54, 1.807) is 24.4 Å². The largest absolute Gasteiger partial charge is 0.270 e. The maximum absolute atomic E-state index is 12.4. The van der Waals surface area contributed by atoms with Gasteiger partial charge in [-0.1, -0.05) is 35.3 Å². The number of hydrogen-bond acceptors (Lipinski definition) is 5. The molecule has 0 bridgehead atoms. The van der Waals surface area contributed by atoms with Crippen LogP contribution in [-0.2, 0) is 16.6 Å². The van der Waals surface area contributed by atoms with E-state index in [-0.39, 0.29) is 16.4 Å². The van der Waals surface area contributed by atoms with Crippen LogP contribution >= 0.6 is 23.2 Å². The van der Waals surface area contributed by atoms with Gasteiger partial charge in [0.15, 0.2) is 5.82 Å². The molecule has 0 aliphatic carbocycles. The third kappa shape index (κ3) is 4.57. The average molecular weight is 427 g/mol. The highest BCUT2D eigenvalue weighted by atomic mass is 35.5. The number of halogens is 2. The number of nitrogens with zero attached hydrogens (tertiary/aromatic N) is 3. The number of nitro groups is 1. The monoisotopic (exact) mass is 426 g/mol. The molecular weight excluding hydrogens is 415 g/mol. The van der Waals surface area contributed by atoms with Crippen LogP contribution in [0.5, 0.6) is 0 Å². The van der Waals surface area contributed by atoms with Gasteiger partial charge >= 0.3 is 0 Å². The summed E-state index contributed by atoms with van der Waals surface area (Å²) in [6, 6.07) is 11.4. The van der Waals surface area contributed by atoms with Gasteiger partial charge in [0.2, 0.25) is 0 Å². The Morgan fingerprint density at radius 2 is 1.89 bits per heavy atom. The van der Waals surface area contributed by atoms with Crippen molar-refractivity contribution < 1.29 is 13.3 Å². The van der Waals surface area contributed by atoms with Crippen molar-refractivity contribution >= 4 is 44.7 Å². The molecule has 2 aromatic carbocycles. The molecule has 0 unspecified atom stereocenters. The molecule has 1 N–H and O–H groups in total. The third-order valence-corrected chi connectivity index (χ3v) is 5.64. The molecule has 0 aliphatic rings. The summed E-state index contributed by atoms with van der Waals surface area (Å²) >= 11 is 11.9. The van der Waals surface area contributed by atoms with E-state index >= 15 is 0 Å². The molecule has 0 radical (unpaired) electrons. The van der Waals surface area contributed by atoms with Gasteiger partial charge in [-0.3, -0.25) is 19.5 Å². The molecule has 0 amide bonds. The number of nitro benzene ring substituents is 1. The summed E-state index contributed by atoms with van der Waals surface area (Å²) in [6.07, 6.45) is 1.59.